The first-order valence-corrected chi connectivity index (χ1v) is 6.02. The van der Waals surface area contributed by atoms with Crippen LogP contribution in [0.15, 0.2) is 24.3 Å². The summed E-state index contributed by atoms with van der Waals surface area (Å²) in [4.78, 5) is 2.30. The monoisotopic (exact) mass is 236 g/mol. The number of hydrogen-bond donors (Lipinski definition) is 1. The molecule has 2 N–H and O–H groups in total. The van der Waals surface area contributed by atoms with Crippen LogP contribution in [0.5, 0.6) is 5.75 Å². The van der Waals surface area contributed by atoms with E-state index in [9.17, 15) is 0 Å². The number of nitrogens with two attached hydrogens (primary N) is 1. The van der Waals surface area contributed by atoms with Gasteiger partial charge in [0.1, 0.15) is 12.4 Å². The van der Waals surface area contributed by atoms with Crippen LogP contribution in [0.3, 0.4) is 0 Å². The summed E-state index contributed by atoms with van der Waals surface area (Å²) in [7, 11) is 2.12. The summed E-state index contributed by atoms with van der Waals surface area (Å²) in [5, 5.41) is 0. The smallest absolute Gasteiger partial charge is 0.119 e. The van der Waals surface area contributed by atoms with Crippen LogP contribution in [0.25, 0.3) is 0 Å². The molecule has 1 fully saturated rings. The Bertz CT molecular complexity index is 334. The van der Waals surface area contributed by atoms with Crippen molar-refractivity contribution in [3.05, 3.63) is 24.3 Å². The molecule has 0 bridgehead atoms. The average Bonchev–Trinajstić information content (AvgIpc) is 2.85. The molecule has 1 heterocycles. The minimum atomic E-state index is 0.546. The van der Waals surface area contributed by atoms with Crippen molar-refractivity contribution in [3.63, 3.8) is 0 Å². The maximum absolute atomic E-state index is 5.65. The van der Waals surface area contributed by atoms with E-state index in [1.807, 2.05) is 24.3 Å². The molecular weight excluding hydrogens is 216 g/mol. The van der Waals surface area contributed by atoms with Crippen molar-refractivity contribution in [1.82, 2.24) is 4.90 Å². The number of ether oxygens (including phenoxy) is 2. The third kappa shape index (κ3) is 3.61. The first-order valence-electron chi connectivity index (χ1n) is 6.02. The molecule has 2 rings (SSSR count). The van der Waals surface area contributed by atoms with E-state index in [0.29, 0.717) is 12.6 Å². The van der Waals surface area contributed by atoms with Crippen molar-refractivity contribution in [2.75, 3.05) is 39.1 Å². The molecule has 1 atom stereocenters. The Morgan fingerprint density at radius 1 is 1.41 bits per heavy atom. The van der Waals surface area contributed by atoms with Gasteiger partial charge in [-0.3, -0.25) is 4.90 Å². The third-order valence-corrected chi connectivity index (χ3v) is 3.12. The van der Waals surface area contributed by atoms with Crippen LogP contribution in [-0.4, -0.2) is 44.4 Å². The second-order valence-electron chi connectivity index (χ2n) is 4.42. The summed E-state index contributed by atoms with van der Waals surface area (Å²) in [6, 6.07) is 8.04. The topological polar surface area (TPSA) is 47.7 Å². The first kappa shape index (κ1) is 12.2. The molecule has 17 heavy (non-hydrogen) atoms. The quantitative estimate of drug-likeness (QED) is 0.784. The Labute approximate surface area is 102 Å². The fourth-order valence-corrected chi connectivity index (χ4v) is 1.92. The molecule has 1 unspecified atom stereocenters. The number of rotatable bonds is 5. The molecule has 1 aromatic carbocycles. The number of hydrogen-bond acceptors (Lipinski definition) is 4. The van der Waals surface area contributed by atoms with Gasteiger partial charge in [-0.15, -0.1) is 0 Å². The summed E-state index contributed by atoms with van der Waals surface area (Å²) in [6.45, 7) is 3.33. The Balaban J connectivity index is 1.70. The zero-order chi connectivity index (χ0) is 12.1. The van der Waals surface area contributed by atoms with E-state index in [1.165, 1.54) is 0 Å². The van der Waals surface area contributed by atoms with Crippen molar-refractivity contribution in [1.29, 1.82) is 0 Å². The molecule has 94 valence electrons. The van der Waals surface area contributed by atoms with E-state index in [0.717, 1.165) is 37.6 Å². The molecule has 1 aliphatic rings. The van der Waals surface area contributed by atoms with Gasteiger partial charge in [-0.25, -0.2) is 0 Å². The lowest BCUT2D eigenvalue weighted by Crippen LogP contribution is -2.35. The molecule has 1 aromatic rings. The minimum Gasteiger partial charge on any atom is -0.492 e. The second-order valence-corrected chi connectivity index (χ2v) is 4.42. The van der Waals surface area contributed by atoms with E-state index in [4.69, 9.17) is 15.2 Å². The van der Waals surface area contributed by atoms with Gasteiger partial charge in [-0.2, -0.15) is 0 Å². The predicted octanol–water partition coefficient (Wildman–Crippen LogP) is 1.37. The third-order valence-electron chi connectivity index (χ3n) is 3.12. The first-order chi connectivity index (χ1) is 8.25. The molecule has 4 heteroatoms. The zero-order valence-electron chi connectivity index (χ0n) is 10.3. The van der Waals surface area contributed by atoms with E-state index >= 15 is 0 Å². The highest BCUT2D eigenvalue weighted by atomic mass is 16.5. The molecule has 1 saturated heterocycles. The molecule has 0 radical (unpaired) electrons. The fraction of sp³-hybridized carbons (Fsp3) is 0.538. The fourth-order valence-electron chi connectivity index (χ4n) is 1.92. The van der Waals surface area contributed by atoms with Gasteiger partial charge >= 0.3 is 0 Å². The summed E-state index contributed by atoms with van der Waals surface area (Å²) in [5.74, 6) is 0.871. The van der Waals surface area contributed by atoms with E-state index in [2.05, 4.69) is 11.9 Å². The Morgan fingerprint density at radius 2 is 2.18 bits per heavy atom. The van der Waals surface area contributed by atoms with E-state index in [1.54, 1.807) is 0 Å². The number of anilines is 1. The van der Waals surface area contributed by atoms with Gasteiger partial charge in [0.15, 0.2) is 0 Å². The summed E-state index contributed by atoms with van der Waals surface area (Å²) in [5.41, 5.74) is 6.37. The molecule has 0 aliphatic carbocycles. The van der Waals surface area contributed by atoms with Gasteiger partial charge in [-0.05, 0) is 37.7 Å². The van der Waals surface area contributed by atoms with Gasteiger partial charge in [0.25, 0.3) is 0 Å². The van der Waals surface area contributed by atoms with Crippen molar-refractivity contribution in [2.24, 2.45) is 0 Å². The van der Waals surface area contributed by atoms with Crippen molar-refractivity contribution in [3.8, 4) is 5.75 Å². The number of nitrogens with zero attached hydrogens (tertiary/aromatic N) is 1. The van der Waals surface area contributed by atoms with E-state index < -0.39 is 0 Å². The standard InChI is InChI=1S/C13H20N2O2/c1-15(12-6-8-16-10-12)7-9-17-13-4-2-11(14)3-5-13/h2-5,12H,6-10,14H2,1H3. The lowest BCUT2D eigenvalue weighted by Gasteiger charge is -2.22. The van der Waals surface area contributed by atoms with Crippen LogP contribution in [0.4, 0.5) is 5.69 Å². The average molecular weight is 236 g/mol. The number of benzene rings is 1. The zero-order valence-corrected chi connectivity index (χ0v) is 10.3. The molecule has 0 saturated carbocycles. The SMILES string of the molecule is CN(CCOc1ccc(N)cc1)C1CCOC1. The maximum atomic E-state index is 5.65. The van der Waals surface area contributed by atoms with Crippen LogP contribution >= 0.6 is 0 Å². The molecular formula is C13H20N2O2. The van der Waals surface area contributed by atoms with Gasteiger partial charge in [0.05, 0.1) is 6.61 Å². The van der Waals surface area contributed by atoms with Crippen LogP contribution in [0, 0.1) is 0 Å². The van der Waals surface area contributed by atoms with Crippen LogP contribution < -0.4 is 10.5 Å². The second kappa shape index (κ2) is 5.89. The minimum absolute atomic E-state index is 0.546. The summed E-state index contributed by atoms with van der Waals surface area (Å²) < 4.78 is 11.0. The van der Waals surface area contributed by atoms with Crippen LogP contribution in [0.1, 0.15) is 6.42 Å². The highest BCUT2D eigenvalue weighted by molar-refractivity contribution is 5.41. The van der Waals surface area contributed by atoms with Gasteiger partial charge in [0, 0.05) is 24.9 Å². The van der Waals surface area contributed by atoms with E-state index in [-0.39, 0.29) is 0 Å². The largest absolute Gasteiger partial charge is 0.492 e. The van der Waals surface area contributed by atoms with Gasteiger partial charge in [0.2, 0.25) is 0 Å². The molecule has 0 amide bonds. The Kier molecular flexibility index (Phi) is 4.23. The highest BCUT2D eigenvalue weighted by Gasteiger charge is 2.19. The van der Waals surface area contributed by atoms with Crippen LogP contribution in [0.2, 0.25) is 0 Å². The lowest BCUT2D eigenvalue weighted by molar-refractivity contribution is 0.147. The number of nitrogen functional groups attached to an aromatic ring is 1. The molecule has 4 nitrogen and oxygen atoms in total. The Morgan fingerprint density at radius 3 is 2.82 bits per heavy atom. The molecule has 1 aliphatic heterocycles. The summed E-state index contributed by atoms with van der Waals surface area (Å²) in [6.07, 6.45) is 1.12. The highest BCUT2D eigenvalue weighted by Crippen LogP contribution is 2.14. The van der Waals surface area contributed by atoms with Crippen LogP contribution in [-0.2, 0) is 4.74 Å². The van der Waals surface area contributed by atoms with Crippen molar-refractivity contribution in [2.45, 2.75) is 12.5 Å². The van der Waals surface area contributed by atoms with Gasteiger partial charge < -0.3 is 15.2 Å². The van der Waals surface area contributed by atoms with Gasteiger partial charge in [-0.1, -0.05) is 0 Å². The summed E-state index contributed by atoms with van der Waals surface area (Å²) >= 11 is 0. The molecule has 0 aromatic heterocycles. The van der Waals surface area contributed by atoms with Crippen molar-refractivity contribution < 1.29 is 9.47 Å². The lowest BCUT2D eigenvalue weighted by atomic mass is 10.2. The number of likely N-dealkylation sites (N-methyl/N-ethyl adjacent to an activating group) is 1. The normalized spacial score (nSPS) is 19.8. The maximum Gasteiger partial charge on any atom is 0.119 e. The predicted molar refractivity (Wildman–Crippen MR) is 68.2 cm³/mol. The molecule has 0 spiro atoms. The Hall–Kier alpha value is -1.26. The van der Waals surface area contributed by atoms with Crippen molar-refractivity contribution >= 4 is 5.69 Å².